The number of carbonyl (C=O) groups is 3. The standard InChI is InChI=1S/C18H18N2O4/c1-24-18(23)14-9-5-8-13(11-14)17(22)20-15(16(19)21)10-12-6-3-2-4-7-12/h2-9,11,15H,10H2,1H3,(H2,19,21)(H,20,22)/t15-/m1/s1. The van der Waals surface area contributed by atoms with E-state index in [9.17, 15) is 14.4 Å². The number of amides is 2. The summed E-state index contributed by atoms with van der Waals surface area (Å²) in [6.07, 6.45) is 0.290. The molecule has 0 saturated carbocycles. The molecule has 0 aliphatic heterocycles. The summed E-state index contributed by atoms with van der Waals surface area (Å²) < 4.78 is 4.62. The highest BCUT2D eigenvalue weighted by molar-refractivity contribution is 5.99. The van der Waals surface area contributed by atoms with Crippen molar-refractivity contribution in [2.24, 2.45) is 5.73 Å². The number of primary amides is 1. The third-order valence-electron chi connectivity index (χ3n) is 3.48. The van der Waals surface area contributed by atoms with Gasteiger partial charge in [-0.2, -0.15) is 0 Å². The van der Waals surface area contributed by atoms with Crippen molar-refractivity contribution in [3.05, 3.63) is 71.3 Å². The number of carbonyl (C=O) groups excluding carboxylic acids is 3. The van der Waals surface area contributed by atoms with Crippen molar-refractivity contribution in [1.29, 1.82) is 0 Å². The fourth-order valence-electron chi connectivity index (χ4n) is 2.22. The van der Waals surface area contributed by atoms with E-state index < -0.39 is 23.8 Å². The molecule has 2 amide bonds. The summed E-state index contributed by atoms with van der Waals surface area (Å²) in [5.74, 6) is -1.66. The molecule has 0 aliphatic rings. The first-order chi connectivity index (χ1) is 11.5. The predicted octanol–water partition coefficient (Wildman–Crippen LogP) is 1.30. The van der Waals surface area contributed by atoms with E-state index in [1.807, 2.05) is 30.3 Å². The van der Waals surface area contributed by atoms with Crippen LogP contribution in [0.5, 0.6) is 0 Å². The maximum Gasteiger partial charge on any atom is 0.337 e. The summed E-state index contributed by atoms with van der Waals surface area (Å²) in [4.78, 5) is 35.5. The minimum atomic E-state index is -0.846. The van der Waals surface area contributed by atoms with E-state index in [1.165, 1.54) is 19.2 Å². The molecule has 124 valence electrons. The number of hydrogen-bond acceptors (Lipinski definition) is 4. The van der Waals surface area contributed by atoms with Gasteiger partial charge in [0.05, 0.1) is 12.7 Å². The van der Waals surface area contributed by atoms with Crippen LogP contribution >= 0.6 is 0 Å². The number of nitrogens with one attached hydrogen (secondary N) is 1. The predicted molar refractivity (Wildman–Crippen MR) is 88.4 cm³/mol. The minimum Gasteiger partial charge on any atom is -0.465 e. The Hall–Kier alpha value is -3.15. The molecule has 0 saturated heterocycles. The molecule has 0 aliphatic carbocycles. The van der Waals surface area contributed by atoms with Gasteiger partial charge in [-0.1, -0.05) is 36.4 Å². The van der Waals surface area contributed by atoms with Gasteiger partial charge in [-0.15, -0.1) is 0 Å². The van der Waals surface area contributed by atoms with Crippen LogP contribution in [0.2, 0.25) is 0 Å². The average Bonchev–Trinajstić information content (AvgIpc) is 2.61. The van der Waals surface area contributed by atoms with Crippen LogP contribution in [0.3, 0.4) is 0 Å². The fraction of sp³-hybridized carbons (Fsp3) is 0.167. The van der Waals surface area contributed by atoms with E-state index in [0.717, 1.165) is 5.56 Å². The van der Waals surface area contributed by atoms with Crippen molar-refractivity contribution in [1.82, 2.24) is 5.32 Å². The Morgan fingerprint density at radius 2 is 1.71 bits per heavy atom. The lowest BCUT2D eigenvalue weighted by Gasteiger charge is -2.16. The molecular weight excluding hydrogens is 308 g/mol. The van der Waals surface area contributed by atoms with Crippen LogP contribution in [-0.2, 0) is 16.0 Å². The van der Waals surface area contributed by atoms with Crippen LogP contribution in [0.1, 0.15) is 26.3 Å². The van der Waals surface area contributed by atoms with Crippen LogP contribution in [0, 0.1) is 0 Å². The van der Waals surface area contributed by atoms with Crippen molar-refractivity contribution in [3.63, 3.8) is 0 Å². The van der Waals surface area contributed by atoms with E-state index >= 15 is 0 Å². The first-order valence-corrected chi connectivity index (χ1v) is 7.33. The Morgan fingerprint density at radius 3 is 2.33 bits per heavy atom. The van der Waals surface area contributed by atoms with Gasteiger partial charge < -0.3 is 15.8 Å². The smallest absolute Gasteiger partial charge is 0.337 e. The van der Waals surface area contributed by atoms with Crippen molar-refractivity contribution in [3.8, 4) is 0 Å². The quantitative estimate of drug-likeness (QED) is 0.782. The number of hydrogen-bond donors (Lipinski definition) is 2. The fourth-order valence-corrected chi connectivity index (χ4v) is 2.22. The average molecular weight is 326 g/mol. The molecule has 3 N–H and O–H groups in total. The molecule has 0 unspecified atom stereocenters. The topological polar surface area (TPSA) is 98.5 Å². The SMILES string of the molecule is COC(=O)c1cccc(C(=O)N[C@H](Cc2ccccc2)C(N)=O)c1. The normalized spacial score (nSPS) is 11.4. The van der Waals surface area contributed by atoms with Gasteiger partial charge in [-0.25, -0.2) is 4.79 Å². The van der Waals surface area contributed by atoms with Gasteiger partial charge >= 0.3 is 5.97 Å². The molecule has 0 fully saturated rings. The number of esters is 1. The highest BCUT2D eigenvalue weighted by Crippen LogP contribution is 2.08. The molecule has 2 aromatic carbocycles. The molecule has 0 aromatic heterocycles. The minimum absolute atomic E-state index is 0.247. The van der Waals surface area contributed by atoms with E-state index in [1.54, 1.807) is 12.1 Å². The molecule has 0 spiro atoms. The molecule has 6 heteroatoms. The molecular formula is C18H18N2O4. The zero-order valence-corrected chi connectivity index (χ0v) is 13.2. The monoisotopic (exact) mass is 326 g/mol. The van der Waals surface area contributed by atoms with Crippen LogP contribution in [0.4, 0.5) is 0 Å². The van der Waals surface area contributed by atoms with Crippen molar-refractivity contribution in [2.45, 2.75) is 12.5 Å². The lowest BCUT2D eigenvalue weighted by molar-refractivity contribution is -0.119. The molecule has 24 heavy (non-hydrogen) atoms. The molecule has 0 radical (unpaired) electrons. The maximum absolute atomic E-state index is 12.3. The molecule has 2 aromatic rings. The maximum atomic E-state index is 12.3. The van der Waals surface area contributed by atoms with Crippen LogP contribution < -0.4 is 11.1 Å². The van der Waals surface area contributed by atoms with Crippen LogP contribution in [0.15, 0.2) is 54.6 Å². The van der Waals surface area contributed by atoms with Crippen LogP contribution in [0.25, 0.3) is 0 Å². The summed E-state index contributed by atoms with van der Waals surface area (Å²) in [5, 5.41) is 2.60. The molecule has 0 heterocycles. The first kappa shape index (κ1) is 17.2. The molecule has 2 rings (SSSR count). The van der Waals surface area contributed by atoms with Crippen molar-refractivity contribution >= 4 is 17.8 Å². The molecule has 6 nitrogen and oxygen atoms in total. The zero-order chi connectivity index (χ0) is 17.5. The number of benzene rings is 2. The van der Waals surface area contributed by atoms with E-state index in [4.69, 9.17) is 5.73 Å². The number of rotatable bonds is 6. The Bertz CT molecular complexity index is 744. The number of methoxy groups -OCH3 is 1. The summed E-state index contributed by atoms with van der Waals surface area (Å²) in [7, 11) is 1.26. The summed E-state index contributed by atoms with van der Waals surface area (Å²) in [6, 6.07) is 14.4. The van der Waals surface area contributed by atoms with Crippen molar-refractivity contribution < 1.29 is 19.1 Å². The second-order valence-corrected chi connectivity index (χ2v) is 5.19. The second kappa shape index (κ2) is 7.92. The van der Waals surface area contributed by atoms with Crippen LogP contribution in [-0.4, -0.2) is 30.9 Å². The van der Waals surface area contributed by atoms with E-state index in [0.29, 0.717) is 6.42 Å². The second-order valence-electron chi connectivity index (χ2n) is 5.19. The lowest BCUT2D eigenvalue weighted by Crippen LogP contribution is -2.45. The Kier molecular flexibility index (Phi) is 5.68. The molecule has 0 bridgehead atoms. The molecule has 1 atom stereocenters. The van der Waals surface area contributed by atoms with Gasteiger partial charge in [-0.05, 0) is 23.8 Å². The van der Waals surface area contributed by atoms with E-state index in [2.05, 4.69) is 10.1 Å². The Morgan fingerprint density at radius 1 is 1.04 bits per heavy atom. The van der Waals surface area contributed by atoms with Gasteiger partial charge in [0, 0.05) is 12.0 Å². The Labute approximate surface area is 139 Å². The third kappa shape index (κ3) is 4.42. The van der Waals surface area contributed by atoms with Gasteiger partial charge in [-0.3, -0.25) is 9.59 Å². The zero-order valence-electron chi connectivity index (χ0n) is 13.2. The van der Waals surface area contributed by atoms with Gasteiger partial charge in [0.25, 0.3) is 5.91 Å². The third-order valence-corrected chi connectivity index (χ3v) is 3.48. The summed E-state index contributed by atoms with van der Waals surface area (Å²) in [5.41, 5.74) is 6.76. The highest BCUT2D eigenvalue weighted by atomic mass is 16.5. The first-order valence-electron chi connectivity index (χ1n) is 7.33. The number of ether oxygens (including phenoxy) is 1. The highest BCUT2D eigenvalue weighted by Gasteiger charge is 2.20. The summed E-state index contributed by atoms with van der Waals surface area (Å²) in [6.45, 7) is 0. The Balaban J connectivity index is 2.13. The van der Waals surface area contributed by atoms with E-state index in [-0.39, 0.29) is 11.1 Å². The van der Waals surface area contributed by atoms with Gasteiger partial charge in [0.1, 0.15) is 6.04 Å². The number of nitrogens with two attached hydrogens (primary N) is 1. The largest absolute Gasteiger partial charge is 0.465 e. The lowest BCUT2D eigenvalue weighted by atomic mass is 10.0. The van der Waals surface area contributed by atoms with Crippen molar-refractivity contribution in [2.75, 3.05) is 7.11 Å². The van der Waals surface area contributed by atoms with Gasteiger partial charge in [0.2, 0.25) is 5.91 Å². The summed E-state index contributed by atoms with van der Waals surface area (Å²) >= 11 is 0. The van der Waals surface area contributed by atoms with Gasteiger partial charge in [0.15, 0.2) is 0 Å².